The lowest BCUT2D eigenvalue weighted by molar-refractivity contribution is 0.415. The Labute approximate surface area is 133 Å². The quantitative estimate of drug-likeness (QED) is 0.644. The van der Waals surface area contributed by atoms with E-state index < -0.39 is 0 Å². The molecule has 0 bridgehead atoms. The van der Waals surface area contributed by atoms with E-state index in [1.807, 2.05) is 36.4 Å². The van der Waals surface area contributed by atoms with Crippen LogP contribution in [0.3, 0.4) is 0 Å². The average molecular weight is 308 g/mol. The minimum absolute atomic E-state index is 0.239. The highest BCUT2D eigenvalue weighted by atomic mass is 16.5. The van der Waals surface area contributed by atoms with Crippen molar-refractivity contribution in [2.45, 2.75) is 0 Å². The van der Waals surface area contributed by atoms with E-state index in [1.54, 1.807) is 19.2 Å². The zero-order chi connectivity index (χ0) is 16.2. The van der Waals surface area contributed by atoms with Crippen LogP contribution in [0.1, 0.15) is 0 Å². The molecular formula is C17H16N4O2. The highest BCUT2D eigenvalue weighted by Gasteiger charge is 2.05. The van der Waals surface area contributed by atoms with Gasteiger partial charge in [-0.15, -0.1) is 0 Å². The Kier molecular flexibility index (Phi) is 3.97. The molecule has 0 saturated carbocycles. The predicted octanol–water partition coefficient (Wildman–Crippen LogP) is 2.77. The van der Waals surface area contributed by atoms with E-state index in [0.717, 1.165) is 17.0 Å². The van der Waals surface area contributed by atoms with E-state index in [4.69, 9.17) is 10.5 Å². The van der Waals surface area contributed by atoms with Gasteiger partial charge in [0.2, 0.25) is 5.95 Å². The maximum Gasteiger partial charge on any atom is 0.252 e. The molecule has 6 heteroatoms. The lowest BCUT2D eigenvalue weighted by Gasteiger charge is -2.08. The molecule has 0 saturated heterocycles. The summed E-state index contributed by atoms with van der Waals surface area (Å²) in [5, 5.41) is 3.05. The van der Waals surface area contributed by atoms with Crippen LogP contribution in [0.4, 0.5) is 17.3 Å². The number of benzene rings is 2. The Morgan fingerprint density at radius 2 is 1.91 bits per heavy atom. The molecule has 0 fully saturated rings. The number of hydrogen-bond donors (Lipinski definition) is 3. The van der Waals surface area contributed by atoms with Gasteiger partial charge in [-0.25, -0.2) is 4.98 Å². The number of H-pyrrole nitrogens is 1. The highest BCUT2D eigenvalue weighted by Crippen LogP contribution is 2.21. The normalized spacial score (nSPS) is 10.3. The molecule has 2 aromatic carbocycles. The number of nitrogens with one attached hydrogen (secondary N) is 2. The number of rotatable bonds is 4. The van der Waals surface area contributed by atoms with E-state index in [1.165, 1.54) is 6.07 Å². The van der Waals surface area contributed by atoms with Crippen LogP contribution in [-0.4, -0.2) is 17.1 Å². The van der Waals surface area contributed by atoms with Gasteiger partial charge in [0.1, 0.15) is 5.75 Å². The van der Waals surface area contributed by atoms with Crippen molar-refractivity contribution in [2.75, 3.05) is 18.2 Å². The fraction of sp³-hybridized carbons (Fsp3) is 0.0588. The van der Waals surface area contributed by atoms with Crippen molar-refractivity contribution in [1.82, 2.24) is 9.97 Å². The van der Waals surface area contributed by atoms with Gasteiger partial charge in [-0.1, -0.05) is 6.07 Å². The van der Waals surface area contributed by atoms with E-state index in [-0.39, 0.29) is 5.56 Å². The van der Waals surface area contributed by atoms with Gasteiger partial charge in [0.15, 0.2) is 0 Å². The summed E-state index contributed by atoms with van der Waals surface area (Å²) in [5.74, 6) is 1.10. The third-order valence-electron chi connectivity index (χ3n) is 3.28. The van der Waals surface area contributed by atoms with Gasteiger partial charge in [0.25, 0.3) is 5.56 Å². The van der Waals surface area contributed by atoms with Gasteiger partial charge < -0.3 is 15.8 Å². The Morgan fingerprint density at radius 1 is 1.13 bits per heavy atom. The molecule has 3 rings (SSSR count). The molecule has 0 spiro atoms. The van der Waals surface area contributed by atoms with Gasteiger partial charge in [-0.05, 0) is 42.5 Å². The van der Waals surface area contributed by atoms with Crippen LogP contribution in [-0.2, 0) is 0 Å². The Hall–Kier alpha value is -3.28. The number of anilines is 3. The SMILES string of the molecule is COc1ccc(-c2cc(=O)[nH]c(Nc3cccc(N)c3)n2)cc1. The number of hydrogen-bond acceptors (Lipinski definition) is 5. The van der Waals surface area contributed by atoms with Crippen molar-refractivity contribution in [3.05, 3.63) is 65.0 Å². The molecule has 23 heavy (non-hydrogen) atoms. The van der Waals surface area contributed by atoms with Gasteiger partial charge in [0.05, 0.1) is 12.8 Å². The van der Waals surface area contributed by atoms with Gasteiger partial charge >= 0.3 is 0 Å². The monoisotopic (exact) mass is 308 g/mol. The zero-order valence-electron chi connectivity index (χ0n) is 12.5. The van der Waals surface area contributed by atoms with Crippen molar-refractivity contribution in [3.63, 3.8) is 0 Å². The topological polar surface area (TPSA) is 93.0 Å². The molecular weight excluding hydrogens is 292 g/mol. The average Bonchev–Trinajstić information content (AvgIpc) is 2.54. The lowest BCUT2D eigenvalue weighted by Crippen LogP contribution is -2.10. The number of nitrogens with zero attached hydrogens (tertiary/aromatic N) is 1. The Balaban J connectivity index is 1.93. The minimum Gasteiger partial charge on any atom is -0.497 e. The number of aromatic nitrogens is 2. The van der Waals surface area contributed by atoms with Gasteiger partial charge in [-0.2, -0.15) is 0 Å². The molecule has 0 aliphatic rings. The fourth-order valence-electron chi connectivity index (χ4n) is 2.18. The second-order valence-electron chi connectivity index (χ2n) is 4.96. The second kappa shape index (κ2) is 6.23. The summed E-state index contributed by atoms with van der Waals surface area (Å²) >= 11 is 0. The molecule has 0 aliphatic carbocycles. The molecule has 0 unspecified atom stereocenters. The molecule has 0 atom stereocenters. The van der Waals surface area contributed by atoms with E-state index >= 15 is 0 Å². The molecule has 1 heterocycles. The van der Waals surface area contributed by atoms with Crippen LogP contribution in [0.25, 0.3) is 11.3 Å². The molecule has 3 aromatic rings. The van der Waals surface area contributed by atoms with Crippen molar-refractivity contribution >= 4 is 17.3 Å². The first-order valence-corrected chi connectivity index (χ1v) is 7.02. The first-order valence-electron chi connectivity index (χ1n) is 7.02. The zero-order valence-corrected chi connectivity index (χ0v) is 12.5. The summed E-state index contributed by atoms with van der Waals surface area (Å²) in [6.45, 7) is 0. The number of ether oxygens (including phenoxy) is 1. The van der Waals surface area contributed by atoms with Crippen molar-refractivity contribution < 1.29 is 4.74 Å². The van der Waals surface area contributed by atoms with Crippen LogP contribution in [0.2, 0.25) is 0 Å². The highest BCUT2D eigenvalue weighted by molar-refractivity contribution is 5.64. The van der Waals surface area contributed by atoms with E-state index in [0.29, 0.717) is 17.3 Å². The Morgan fingerprint density at radius 3 is 2.61 bits per heavy atom. The first kappa shape index (κ1) is 14.6. The fourth-order valence-corrected chi connectivity index (χ4v) is 2.18. The van der Waals surface area contributed by atoms with Crippen LogP contribution >= 0.6 is 0 Å². The molecule has 0 amide bonds. The predicted molar refractivity (Wildman–Crippen MR) is 91.0 cm³/mol. The largest absolute Gasteiger partial charge is 0.497 e. The van der Waals surface area contributed by atoms with Crippen LogP contribution < -0.4 is 21.3 Å². The number of nitrogens with two attached hydrogens (primary N) is 1. The molecule has 1 aromatic heterocycles. The second-order valence-corrected chi connectivity index (χ2v) is 4.96. The minimum atomic E-state index is -0.239. The van der Waals surface area contributed by atoms with Gasteiger partial charge in [-0.3, -0.25) is 9.78 Å². The summed E-state index contributed by atoms with van der Waals surface area (Å²) in [7, 11) is 1.61. The molecule has 0 aliphatic heterocycles. The van der Waals surface area contributed by atoms with E-state index in [2.05, 4.69) is 15.3 Å². The maximum absolute atomic E-state index is 11.9. The van der Waals surface area contributed by atoms with Crippen LogP contribution in [0, 0.1) is 0 Å². The summed E-state index contributed by atoms with van der Waals surface area (Å²) < 4.78 is 5.13. The van der Waals surface area contributed by atoms with Crippen LogP contribution in [0.5, 0.6) is 5.75 Å². The third-order valence-corrected chi connectivity index (χ3v) is 3.28. The number of aromatic amines is 1. The van der Waals surface area contributed by atoms with Crippen molar-refractivity contribution in [1.29, 1.82) is 0 Å². The Bertz CT molecular complexity index is 872. The number of methoxy groups -OCH3 is 1. The molecule has 0 radical (unpaired) electrons. The van der Waals surface area contributed by atoms with E-state index in [9.17, 15) is 4.79 Å². The summed E-state index contributed by atoms with van der Waals surface area (Å²) in [6.07, 6.45) is 0. The standard InChI is InChI=1S/C17H16N4O2/c1-23-14-7-5-11(6-8-14)15-10-16(22)21-17(20-15)19-13-4-2-3-12(18)9-13/h2-10H,18H2,1H3,(H2,19,20,21,22). The molecule has 6 nitrogen and oxygen atoms in total. The molecule has 116 valence electrons. The molecule has 4 N–H and O–H groups in total. The smallest absolute Gasteiger partial charge is 0.252 e. The summed E-state index contributed by atoms with van der Waals surface area (Å²) in [5.41, 5.74) is 8.28. The lowest BCUT2D eigenvalue weighted by atomic mass is 10.1. The summed E-state index contributed by atoms with van der Waals surface area (Å²) in [6, 6.07) is 16.0. The van der Waals surface area contributed by atoms with Crippen molar-refractivity contribution in [3.8, 4) is 17.0 Å². The van der Waals surface area contributed by atoms with Gasteiger partial charge in [0, 0.05) is 23.0 Å². The van der Waals surface area contributed by atoms with Crippen molar-refractivity contribution in [2.24, 2.45) is 0 Å². The third kappa shape index (κ3) is 3.49. The number of nitrogen functional groups attached to an aromatic ring is 1. The first-order chi connectivity index (χ1) is 11.1. The summed E-state index contributed by atoms with van der Waals surface area (Å²) in [4.78, 5) is 19.0. The maximum atomic E-state index is 11.9. The van der Waals surface area contributed by atoms with Crippen LogP contribution in [0.15, 0.2) is 59.4 Å².